The molecular weight excluding hydrogens is 260 g/mol. The Bertz CT molecular complexity index is 498. The normalized spacial score (nSPS) is 25.4. The molecule has 1 aliphatic heterocycles. The third kappa shape index (κ3) is 2.81. The van der Waals surface area contributed by atoms with Crippen LogP contribution in [0.4, 0.5) is 0 Å². The van der Waals surface area contributed by atoms with E-state index in [1.54, 1.807) is 24.3 Å². The summed E-state index contributed by atoms with van der Waals surface area (Å²) in [4.78, 5) is 0. The lowest BCUT2D eigenvalue weighted by Crippen LogP contribution is -2.33. The fourth-order valence-corrected chi connectivity index (χ4v) is 4.42. The first-order valence-electron chi connectivity index (χ1n) is 5.66. The average Bonchev–Trinajstić information content (AvgIpc) is 2.27. The maximum Gasteiger partial charge on any atom is 0.156 e. The van der Waals surface area contributed by atoms with Gasteiger partial charge in [0.15, 0.2) is 9.84 Å². The van der Waals surface area contributed by atoms with Crippen LogP contribution < -0.4 is 0 Å². The molecule has 1 N–H and O–H groups in total. The number of halogens is 1. The highest BCUT2D eigenvalue weighted by Gasteiger charge is 2.35. The van der Waals surface area contributed by atoms with E-state index >= 15 is 0 Å². The van der Waals surface area contributed by atoms with E-state index in [1.807, 2.05) is 0 Å². The Morgan fingerprint density at radius 3 is 2.76 bits per heavy atom. The maximum atomic E-state index is 11.9. The van der Waals surface area contributed by atoms with Gasteiger partial charge in [-0.3, -0.25) is 0 Å². The van der Waals surface area contributed by atoms with Crippen LogP contribution in [0.25, 0.3) is 0 Å². The van der Waals surface area contributed by atoms with Crippen LogP contribution in [0.15, 0.2) is 24.3 Å². The molecule has 2 unspecified atom stereocenters. The molecule has 3 nitrogen and oxygen atoms in total. The molecule has 0 aliphatic carbocycles. The number of benzene rings is 1. The highest BCUT2D eigenvalue weighted by atomic mass is 35.5. The minimum absolute atomic E-state index is 0.176. The molecule has 1 aromatic rings. The van der Waals surface area contributed by atoms with Gasteiger partial charge in [0.25, 0.3) is 0 Å². The molecule has 0 radical (unpaired) electrons. The lowest BCUT2D eigenvalue weighted by molar-refractivity contribution is 0.164. The molecule has 0 saturated carbocycles. The van der Waals surface area contributed by atoms with E-state index in [2.05, 4.69) is 0 Å². The Morgan fingerprint density at radius 1 is 1.35 bits per heavy atom. The largest absolute Gasteiger partial charge is 0.387 e. The molecular formula is C12H15ClO3S. The van der Waals surface area contributed by atoms with Crippen LogP contribution in [-0.4, -0.2) is 24.5 Å². The van der Waals surface area contributed by atoms with Gasteiger partial charge in [0.2, 0.25) is 0 Å². The van der Waals surface area contributed by atoms with Crippen molar-refractivity contribution in [2.75, 3.05) is 5.75 Å². The number of hydrogen-bond acceptors (Lipinski definition) is 3. The van der Waals surface area contributed by atoms with Gasteiger partial charge in [0, 0.05) is 5.02 Å². The van der Waals surface area contributed by atoms with E-state index in [4.69, 9.17) is 11.6 Å². The summed E-state index contributed by atoms with van der Waals surface area (Å²) in [6, 6.07) is 6.75. The molecule has 5 heteroatoms. The van der Waals surface area contributed by atoms with Crippen LogP contribution in [0.5, 0.6) is 0 Å². The Hall–Kier alpha value is -0.580. The van der Waals surface area contributed by atoms with Gasteiger partial charge in [0.1, 0.15) is 0 Å². The molecule has 17 heavy (non-hydrogen) atoms. The highest BCUT2D eigenvalue weighted by Crippen LogP contribution is 2.31. The number of rotatable bonds is 2. The lowest BCUT2D eigenvalue weighted by atomic mass is 10.0. The fourth-order valence-electron chi connectivity index (χ4n) is 2.24. The van der Waals surface area contributed by atoms with E-state index in [0.29, 0.717) is 23.4 Å². The molecule has 2 rings (SSSR count). The van der Waals surface area contributed by atoms with Crippen LogP contribution in [0, 0.1) is 0 Å². The van der Waals surface area contributed by atoms with Gasteiger partial charge in [0.05, 0.1) is 17.1 Å². The summed E-state index contributed by atoms with van der Waals surface area (Å²) in [5, 5.41) is 9.99. The highest BCUT2D eigenvalue weighted by molar-refractivity contribution is 7.92. The summed E-state index contributed by atoms with van der Waals surface area (Å²) in [6.45, 7) is 0. The summed E-state index contributed by atoms with van der Waals surface area (Å²) >= 11 is 5.84. The number of hydrogen-bond donors (Lipinski definition) is 1. The van der Waals surface area contributed by atoms with Crippen molar-refractivity contribution in [2.45, 2.75) is 30.6 Å². The van der Waals surface area contributed by atoms with Crippen molar-refractivity contribution in [2.24, 2.45) is 0 Å². The smallest absolute Gasteiger partial charge is 0.156 e. The van der Waals surface area contributed by atoms with Crippen LogP contribution in [-0.2, 0) is 9.84 Å². The predicted octanol–water partition coefficient (Wildman–Crippen LogP) is 2.34. The SMILES string of the molecule is O=S1(=O)CCCCC1C(O)c1cccc(Cl)c1. The van der Waals surface area contributed by atoms with Gasteiger partial charge in [-0.2, -0.15) is 0 Å². The van der Waals surface area contributed by atoms with Gasteiger partial charge >= 0.3 is 0 Å². The second-order valence-corrected chi connectivity index (χ2v) is 7.18. The monoisotopic (exact) mass is 274 g/mol. The summed E-state index contributed by atoms with van der Waals surface area (Å²) in [5.41, 5.74) is 0.577. The van der Waals surface area contributed by atoms with E-state index in [0.717, 1.165) is 6.42 Å². The van der Waals surface area contributed by atoms with Gasteiger partial charge in [-0.1, -0.05) is 30.2 Å². The zero-order valence-electron chi connectivity index (χ0n) is 9.34. The summed E-state index contributed by atoms with van der Waals surface area (Å²) < 4.78 is 23.8. The molecule has 1 fully saturated rings. The van der Waals surface area contributed by atoms with Gasteiger partial charge in [-0.15, -0.1) is 0 Å². The van der Waals surface area contributed by atoms with E-state index in [-0.39, 0.29) is 5.75 Å². The van der Waals surface area contributed by atoms with Crippen LogP contribution in [0.1, 0.15) is 30.9 Å². The molecule has 0 aromatic heterocycles. The predicted molar refractivity (Wildman–Crippen MR) is 67.8 cm³/mol. The van der Waals surface area contributed by atoms with Crippen molar-refractivity contribution in [3.63, 3.8) is 0 Å². The molecule has 0 amide bonds. The number of sulfone groups is 1. The number of aliphatic hydroxyl groups is 1. The third-order valence-electron chi connectivity index (χ3n) is 3.17. The van der Waals surface area contributed by atoms with Gasteiger partial charge < -0.3 is 5.11 Å². The zero-order valence-corrected chi connectivity index (χ0v) is 10.9. The van der Waals surface area contributed by atoms with Crippen LogP contribution >= 0.6 is 11.6 Å². The average molecular weight is 275 g/mol. The van der Waals surface area contributed by atoms with E-state index in [9.17, 15) is 13.5 Å². The second-order valence-electron chi connectivity index (χ2n) is 4.40. The third-order valence-corrected chi connectivity index (χ3v) is 5.68. The fraction of sp³-hybridized carbons (Fsp3) is 0.500. The number of aliphatic hydroxyl groups excluding tert-OH is 1. The van der Waals surface area contributed by atoms with Crippen molar-refractivity contribution < 1.29 is 13.5 Å². The second kappa shape index (κ2) is 4.96. The minimum atomic E-state index is -3.18. The Labute approximate surface area is 106 Å². The standard InChI is InChI=1S/C12H15ClO3S/c13-10-5-3-4-9(8-10)12(14)11-6-1-2-7-17(11,15)16/h3-5,8,11-12,14H,1-2,6-7H2. The molecule has 0 spiro atoms. The van der Waals surface area contributed by atoms with Crippen molar-refractivity contribution in [1.82, 2.24) is 0 Å². The van der Waals surface area contributed by atoms with Crippen molar-refractivity contribution in [3.8, 4) is 0 Å². The van der Waals surface area contributed by atoms with Gasteiger partial charge in [-0.25, -0.2) is 8.42 Å². The van der Waals surface area contributed by atoms with Crippen LogP contribution in [0.3, 0.4) is 0 Å². The maximum absolute atomic E-state index is 11.9. The zero-order chi connectivity index (χ0) is 12.5. The first-order valence-corrected chi connectivity index (χ1v) is 7.75. The van der Waals surface area contributed by atoms with Crippen molar-refractivity contribution >= 4 is 21.4 Å². The van der Waals surface area contributed by atoms with Crippen LogP contribution in [0.2, 0.25) is 5.02 Å². The van der Waals surface area contributed by atoms with E-state index < -0.39 is 21.2 Å². The molecule has 1 heterocycles. The summed E-state index contributed by atoms with van der Waals surface area (Å²) in [7, 11) is -3.18. The molecule has 2 atom stereocenters. The summed E-state index contributed by atoms with van der Waals surface area (Å²) in [6.07, 6.45) is 1.09. The summed E-state index contributed by atoms with van der Waals surface area (Å²) in [5.74, 6) is 0.176. The first kappa shape index (κ1) is 12.9. The topological polar surface area (TPSA) is 54.4 Å². The lowest BCUT2D eigenvalue weighted by Gasteiger charge is -2.26. The van der Waals surface area contributed by atoms with Crippen molar-refractivity contribution in [1.29, 1.82) is 0 Å². The minimum Gasteiger partial charge on any atom is -0.387 e. The first-order chi connectivity index (χ1) is 8.00. The Kier molecular flexibility index (Phi) is 3.76. The molecule has 1 saturated heterocycles. The quantitative estimate of drug-likeness (QED) is 0.901. The van der Waals surface area contributed by atoms with Crippen molar-refractivity contribution in [3.05, 3.63) is 34.9 Å². The molecule has 94 valence electrons. The molecule has 1 aliphatic rings. The Balaban J connectivity index is 2.28. The molecule has 1 aromatic carbocycles. The van der Waals surface area contributed by atoms with E-state index in [1.165, 1.54) is 0 Å². The Morgan fingerprint density at radius 2 is 2.12 bits per heavy atom. The molecule has 0 bridgehead atoms. The van der Waals surface area contributed by atoms with Gasteiger partial charge in [-0.05, 0) is 30.5 Å².